The van der Waals surface area contributed by atoms with Gasteiger partial charge in [-0.05, 0) is 25.0 Å². The molecule has 0 heterocycles. The summed E-state index contributed by atoms with van der Waals surface area (Å²) in [5, 5.41) is 3.26. The number of halogens is 3. The molecular formula is C12H15Cl2FN4. The summed E-state index contributed by atoms with van der Waals surface area (Å²) in [5.41, 5.74) is 2.86. The zero-order chi connectivity index (χ0) is 13.8. The maximum absolute atomic E-state index is 13.1. The van der Waals surface area contributed by atoms with E-state index in [1.165, 1.54) is 25.0 Å². The predicted octanol–water partition coefficient (Wildman–Crippen LogP) is 3.31. The van der Waals surface area contributed by atoms with Crippen LogP contribution in [0.4, 0.5) is 10.1 Å². The fourth-order valence-corrected chi connectivity index (χ4v) is 2.66. The van der Waals surface area contributed by atoms with E-state index in [4.69, 9.17) is 29.0 Å². The Labute approximate surface area is 121 Å². The molecule has 1 aromatic carbocycles. The lowest BCUT2D eigenvalue weighted by molar-refractivity contribution is 0.628. The average Bonchev–Trinajstić information content (AvgIpc) is 2.84. The molecule has 4 N–H and O–H groups in total. The fourth-order valence-electron chi connectivity index (χ4n) is 2.10. The minimum atomic E-state index is -0.490. The monoisotopic (exact) mass is 304 g/mol. The van der Waals surface area contributed by atoms with Crippen molar-refractivity contribution < 1.29 is 4.39 Å². The number of hydrazine groups is 1. The average molecular weight is 305 g/mol. The molecule has 2 rings (SSSR count). The molecule has 1 saturated carbocycles. The summed E-state index contributed by atoms with van der Waals surface area (Å²) < 4.78 is 13.1. The van der Waals surface area contributed by atoms with Crippen LogP contribution >= 0.6 is 23.2 Å². The first-order valence-corrected chi connectivity index (χ1v) is 6.81. The van der Waals surface area contributed by atoms with E-state index < -0.39 is 5.82 Å². The molecule has 0 unspecified atom stereocenters. The van der Waals surface area contributed by atoms with E-state index in [2.05, 4.69) is 15.7 Å². The summed E-state index contributed by atoms with van der Waals surface area (Å²) in [6, 6.07) is 2.61. The normalized spacial score (nSPS) is 16.7. The summed E-state index contributed by atoms with van der Waals surface area (Å²) in [6.07, 6.45) is 4.42. The van der Waals surface area contributed by atoms with E-state index in [1.54, 1.807) is 0 Å². The molecule has 0 spiro atoms. The van der Waals surface area contributed by atoms with Crippen molar-refractivity contribution in [2.24, 2.45) is 10.8 Å². The molecule has 19 heavy (non-hydrogen) atoms. The second-order valence-corrected chi connectivity index (χ2v) is 5.24. The number of nitrogens with one attached hydrogen (secondary N) is 2. The Morgan fingerprint density at radius 1 is 1.26 bits per heavy atom. The number of hydrogen-bond acceptors (Lipinski definition) is 2. The lowest BCUT2D eigenvalue weighted by Gasteiger charge is -2.14. The number of aliphatic imine (C=N–C) groups is 1. The van der Waals surface area contributed by atoms with Gasteiger partial charge in [0.15, 0.2) is 0 Å². The summed E-state index contributed by atoms with van der Waals surface area (Å²) >= 11 is 11.9. The molecule has 4 nitrogen and oxygen atoms in total. The van der Waals surface area contributed by atoms with Crippen LogP contribution in [-0.4, -0.2) is 12.0 Å². The Kier molecular flexibility index (Phi) is 4.85. The van der Waals surface area contributed by atoms with Gasteiger partial charge in [0.1, 0.15) is 5.82 Å². The van der Waals surface area contributed by atoms with Crippen LogP contribution in [0.25, 0.3) is 0 Å². The third kappa shape index (κ3) is 3.72. The second-order valence-electron chi connectivity index (χ2n) is 4.43. The smallest absolute Gasteiger partial charge is 0.210 e. The van der Waals surface area contributed by atoms with Gasteiger partial charge < -0.3 is 5.32 Å². The largest absolute Gasteiger partial charge is 0.323 e. The summed E-state index contributed by atoms with van der Waals surface area (Å²) in [4.78, 5) is 4.45. The van der Waals surface area contributed by atoms with Crippen molar-refractivity contribution >= 4 is 34.8 Å². The fraction of sp³-hybridized carbons (Fsp3) is 0.417. The Morgan fingerprint density at radius 2 is 1.84 bits per heavy atom. The molecule has 0 aliphatic heterocycles. The molecule has 7 heteroatoms. The van der Waals surface area contributed by atoms with E-state index >= 15 is 0 Å². The molecule has 0 saturated heterocycles. The minimum Gasteiger partial charge on any atom is -0.323 e. The summed E-state index contributed by atoms with van der Waals surface area (Å²) in [5.74, 6) is 5.31. The maximum atomic E-state index is 13.1. The molecule has 1 aliphatic carbocycles. The Hall–Kier alpha value is -1.04. The van der Waals surface area contributed by atoms with Gasteiger partial charge in [0.25, 0.3) is 0 Å². The Morgan fingerprint density at radius 3 is 2.37 bits per heavy atom. The van der Waals surface area contributed by atoms with Crippen LogP contribution in [-0.2, 0) is 0 Å². The lowest BCUT2D eigenvalue weighted by atomic mass is 10.3. The van der Waals surface area contributed by atoms with Gasteiger partial charge in [-0.25, -0.2) is 15.2 Å². The highest BCUT2D eigenvalue weighted by Gasteiger charge is 2.16. The van der Waals surface area contributed by atoms with Crippen LogP contribution < -0.4 is 16.6 Å². The van der Waals surface area contributed by atoms with Gasteiger partial charge in [0, 0.05) is 0 Å². The van der Waals surface area contributed by atoms with Gasteiger partial charge in [-0.1, -0.05) is 36.0 Å². The van der Waals surface area contributed by atoms with Crippen LogP contribution in [0.1, 0.15) is 25.7 Å². The Bertz CT molecular complexity index is 464. The van der Waals surface area contributed by atoms with Gasteiger partial charge in [-0.3, -0.25) is 5.43 Å². The highest BCUT2D eigenvalue weighted by atomic mass is 35.5. The summed E-state index contributed by atoms with van der Waals surface area (Å²) in [7, 11) is 0. The first-order valence-electron chi connectivity index (χ1n) is 6.06. The molecule has 1 aliphatic rings. The van der Waals surface area contributed by atoms with E-state index in [9.17, 15) is 4.39 Å². The van der Waals surface area contributed by atoms with Gasteiger partial charge in [-0.15, -0.1) is 0 Å². The molecule has 0 aromatic heterocycles. The zero-order valence-corrected chi connectivity index (χ0v) is 11.7. The van der Waals surface area contributed by atoms with Gasteiger partial charge in [0.05, 0.1) is 21.8 Å². The molecular weight excluding hydrogens is 290 g/mol. The third-order valence-corrected chi connectivity index (χ3v) is 3.62. The number of benzene rings is 1. The molecule has 1 fully saturated rings. The maximum Gasteiger partial charge on any atom is 0.210 e. The van der Waals surface area contributed by atoms with Crippen molar-refractivity contribution in [3.8, 4) is 0 Å². The van der Waals surface area contributed by atoms with E-state index in [1.807, 2.05) is 0 Å². The van der Waals surface area contributed by atoms with E-state index in [-0.39, 0.29) is 16.1 Å². The molecule has 0 amide bonds. The van der Waals surface area contributed by atoms with Gasteiger partial charge >= 0.3 is 0 Å². The standard InChI is InChI=1S/C12H15Cl2FN4/c13-9-5-7(15)6-10(14)11(9)18-12(19-16)17-8-3-1-2-4-8/h5-6,8H,1-4,16H2,(H2,17,18,19). The predicted molar refractivity (Wildman–Crippen MR) is 77.1 cm³/mol. The highest BCUT2D eigenvalue weighted by molar-refractivity contribution is 6.39. The van der Waals surface area contributed by atoms with Gasteiger partial charge in [-0.2, -0.15) is 0 Å². The van der Waals surface area contributed by atoms with Crippen LogP contribution in [0.3, 0.4) is 0 Å². The van der Waals surface area contributed by atoms with Crippen LogP contribution in [0.2, 0.25) is 10.0 Å². The number of hydrogen-bond donors (Lipinski definition) is 3. The third-order valence-electron chi connectivity index (χ3n) is 3.02. The summed E-state index contributed by atoms with van der Waals surface area (Å²) in [6.45, 7) is 0. The number of anilines is 1. The molecule has 104 valence electrons. The number of guanidine groups is 1. The van der Waals surface area contributed by atoms with Crippen molar-refractivity contribution in [1.82, 2.24) is 5.43 Å². The number of nitrogens with zero attached hydrogens (tertiary/aromatic N) is 1. The van der Waals surface area contributed by atoms with Crippen LogP contribution in [0, 0.1) is 5.82 Å². The number of nitrogens with two attached hydrogens (primary N) is 1. The van der Waals surface area contributed by atoms with Crippen molar-refractivity contribution in [2.75, 3.05) is 5.32 Å². The zero-order valence-electron chi connectivity index (χ0n) is 10.2. The SMILES string of the molecule is NNC(=NC1CCCC1)Nc1c(Cl)cc(F)cc1Cl. The Balaban J connectivity index is 2.18. The van der Waals surface area contributed by atoms with Crippen LogP contribution in [0.5, 0.6) is 0 Å². The topological polar surface area (TPSA) is 62.4 Å². The molecule has 0 atom stereocenters. The van der Waals surface area contributed by atoms with Crippen LogP contribution in [0.15, 0.2) is 17.1 Å². The van der Waals surface area contributed by atoms with Crippen molar-refractivity contribution in [2.45, 2.75) is 31.7 Å². The first kappa shape index (κ1) is 14.4. The first-order chi connectivity index (χ1) is 9.10. The number of rotatable bonds is 2. The lowest BCUT2D eigenvalue weighted by Crippen LogP contribution is -2.37. The molecule has 0 bridgehead atoms. The molecule has 0 radical (unpaired) electrons. The molecule has 1 aromatic rings. The highest BCUT2D eigenvalue weighted by Crippen LogP contribution is 2.31. The van der Waals surface area contributed by atoms with Crippen molar-refractivity contribution in [1.29, 1.82) is 0 Å². The van der Waals surface area contributed by atoms with Gasteiger partial charge in [0.2, 0.25) is 5.96 Å². The quantitative estimate of drug-likeness (QED) is 0.340. The minimum absolute atomic E-state index is 0.180. The second kappa shape index (κ2) is 6.41. The van der Waals surface area contributed by atoms with Crippen molar-refractivity contribution in [3.63, 3.8) is 0 Å². The van der Waals surface area contributed by atoms with Crippen molar-refractivity contribution in [3.05, 3.63) is 28.0 Å². The van der Waals surface area contributed by atoms with E-state index in [0.717, 1.165) is 12.8 Å². The van der Waals surface area contributed by atoms with E-state index in [0.29, 0.717) is 11.6 Å².